The monoisotopic (exact) mass is 264 g/mol. The van der Waals surface area contributed by atoms with Crippen LogP contribution in [0, 0.1) is 0 Å². The summed E-state index contributed by atoms with van der Waals surface area (Å²) in [5, 5.41) is 9.70. The number of phenolic OH excluding ortho intramolecular Hbond substituents is 1. The van der Waals surface area contributed by atoms with E-state index in [-0.39, 0.29) is 5.75 Å². The van der Waals surface area contributed by atoms with Crippen molar-refractivity contribution in [3.8, 4) is 5.75 Å². The quantitative estimate of drug-likeness (QED) is 0.558. The first-order valence-electron chi connectivity index (χ1n) is 6.40. The first-order valence-corrected chi connectivity index (χ1v) is 6.40. The second-order valence-electron chi connectivity index (χ2n) is 5.78. The summed E-state index contributed by atoms with van der Waals surface area (Å²) in [7, 11) is 0. The van der Waals surface area contributed by atoms with E-state index in [2.05, 4.69) is 0 Å². The Labute approximate surface area is 113 Å². The lowest BCUT2D eigenvalue weighted by Gasteiger charge is -2.32. The van der Waals surface area contributed by atoms with E-state index < -0.39 is 11.7 Å². The predicted molar refractivity (Wildman–Crippen MR) is 74.4 cm³/mol. The van der Waals surface area contributed by atoms with Crippen molar-refractivity contribution in [3.63, 3.8) is 0 Å². The number of nitrogens with two attached hydrogens (primary N) is 1. The van der Waals surface area contributed by atoms with Crippen LogP contribution in [0.2, 0.25) is 0 Å². The second kappa shape index (κ2) is 4.64. The van der Waals surface area contributed by atoms with Gasteiger partial charge in [0.05, 0.1) is 11.4 Å². The minimum atomic E-state index is -0.537. The summed E-state index contributed by atoms with van der Waals surface area (Å²) in [5.74, 6) is -0.00536. The molecule has 0 spiro atoms. The maximum atomic E-state index is 12.2. The largest absolute Gasteiger partial charge is 0.506 e. The molecule has 1 aromatic carbocycles. The highest BCUT2D eigenvalue weighted by Crippen LogP contribution is 2.35. The number of benzene rings is 1. The van der Waals surface area contributed by atoms with Crippen LogP contribution in [-0.4, -0.2) is 23.3 Å². The van der Waals surface area contributed by atoms with E-state index in [1.54, 1.807) is 11.0 Å². The molecule has 0 aromatic heterocycles. The van der Waals surface area contributed by atoms with Gasteiger partial charge in [-0.05, 0) is 45.2 Å². The molecular weight excluding hydrogens is 244 g/mol. The molecule has 3 N–H and O–H groups in total. The minimum absolute atomic E-state index is 0.00536. The van der Waals surface area contributed by atoms with Crippen LogP contribution in [-0.2, 0) is 11.2 Å². The summed E-state index contributed by atoms with van der Waals surface area (Å²) in [4.78, 5) is 13.7. The van der Waals surface area contributed by atoms with Crippen LogP contribution in [0.25, 0.3) is 0 Å². The third-order valence-electron chi connectivity index (χ3n) is 2.96. The van der Waals surface area contributed by atoms with Gasteiger partial charge in [0.2, 0.25) is 0 Å². The number of carbonyl (C=O) groups is 1. The van der Waals surface area contributed by atoms with Crippen molar-refractivity contribution in [1.29, 1.82) is 0 Å². The minimum Gasteiger partial charge on any atom is -0.506 e. The number of nitrogens with zero attached hydrogens (tertiary/aromatic N) is 1. The lowest BCUT2D eigenvalue weighted by molar-refractivity contribution is 0.0578. The van der Waals surface area contributed by atoms with E-state index in [0.29, 0.717) is 17.9 Å². The zero-order valence-corrected chi connectivity index (χ0v) is 11.6. The third kappa shape index (κ3) is 2.92. The molecule has 1 amide bonds. The molecule has 19 heavy (non-hydrogen) atoms. The van der Waals surface area contributed by atoms with Crippen LogP contribution in [0.5, 0.6) is 5.75 Å². The number of fused-ring (bicyclic) bond motifs is 1. The molecule has 0 aliphatic carbocycles. The fraction of sp³-hybridized carbons (Fsp3) is 0.500. The number of nitrogen functional groups attached to an aromatic ring is 1. The maximum Gasteiger partial charge on any atom is 0.414 e. The fourth-order valence-electron chi connectivity index (χ4n) is 2.15. The number of ether oxygens (including phenoxy) is 1. The Bertz CT molecular complexity index is 506. The highest BCUT2D eigenvalue weighted by atomic mass is 16.6. The summed E-state index contributed by atoms with van der Waals surface area (Å²) in [5.41, 5.74) is 7.14. The molecule has 0 radical (unpaired) electrons. The summed E-state index contributed by atoms with van der Waals surface area (Å²) >= 11 is 0. The van der Waals surface area contributed by atoms with Crippen molar-refractivity contribution in [2.75, 3.05) is 17.2 Å². The molecule has 5 heteroatoms. The Balaban J connectivity index is 2.32. The van der Waals surface area contributed by atoms with Gasteiger partial charge in [0.15, 0.2) is 0 Å². The average molecular weight is 264 g/mol. The molecule has 0 bridgehead atoms. The lowest BCUT2D eigenvalue weighted by atomic mass is 10.0. The molecule has 1 heterocycles. The van der Waals surface area contributed by atoms with Gasteiger partial charge in [0.25, 0.3) is 0 Å². The van der Waals surface area contributed by atoms with E-state index in [0.717, 1.165) is 18.4 Å². The van der Waals surface area contributed by atoms with Gasteiger partial charge in [-0.1, -0.05) is 0 Å². The SMILES string of the molecule is CC(C)(C)OC(=O)N1CCCc2cc(N)c(O)cc21. The summed E-state index contributed by atoms with van der Waals surface area (Å²) in [6, 6.07) is 3.26. The van der Waals surface area contributed by atoms with Crippen LogP contribution >= 0.6 is 0 Å². The third-order valence-corrected chi connectivity index (χ3v) is 2.96. The topological polar surface area (TPSA) is 75.8 Å². The molecule has 2 rings (SSSR count). The molecule has 5 nitrogen and oxygen atoms in total. The summed E-state index contributed by atoms with van der Waals surface area (Å²) < 4.78 is 5.38. The van der Waals surface area contributed by atoms with Gasteiger partial charge >= 0.3 is 6.09 Å². The van der Waals surface area contributed by atoms with Crippen LogP contribution in [0.4, 0.5) is 16.2 Å². The van der Waals surface area contributed by atoms with E-state index >= 15 is 0 Å². The van der Waals surface area contributed by atoms with Crippen LogP contribution in [0.15, 0.2) is 12.1 Å². The van der Waals surface area contributed by atoms with E-state index in [9.17, 15) is 9.90 Å². The molecule has 0 atom stereocenters. The van der Waals surface area contributed by atoms with Crippen LogP contribution in [0.3, 0.4) is 0 Å². The summed E-state index contributed by atoms with van der Waals surface area (Å²) in [6.45, 7) is 6.08. The number of phenols is 1. The van der Waals surface area contributed by atoms with Gasteiger partial charge in [-0.3, -0.25) is 4.90 Å². The number of hydrogen-bond donors (Lipinski definition) is 2. The highest BCUT2D eigenvalue weighted by molar-refractivity contribution is 5.90. The van der Waals surface area contributed by atoms with Gasteiger partial charge < -0.3 is 15.6 Å². The number of carbonyl (C=O) groups excluding carboxylic acids is 1. The number of anilines is 2. The number of aromatic hydroxyl groups is 1. The van der Waals surface area contributed by atoms with E-state index in [1.165, 1.54) is 6.07 Å². The number of aryl methyl sites for hydroxylation is 1. The normalized spacial score (nSPS) is 15.0. The van der Waals surface area contributed by atoms with Gasteiger partial charge in [-0.15, -0.1) is 0 Å². The Kier molecular flexibility index (Phi) is 3.30. The molecule has 1 aliphatic rings. The first kappa shape index (κ1) is 13.5. The zero-order chi connectivity index (χ0) is 14.2. The Morgan fingerprint density at radius 2 is 2.11 bits per heavy atom. The maximum absolute atomic E-state index is 12.2. The Morgan fingerprint density at radius 3 is 2.74 bits per heavy atom. The molecular formula is C14H20N2O3. The number of rotatable bonds is 0. The zero-order valence-electron chi connectivity index (χ0n) is 11.6. The molecule has 0 saturated heterocycles. The Hall–Kier alpha value is -1.91. The van der Waals surface area contributed by atoms with Crippen molar-refractivity contribution >= 4 is 17.5 Å². The van der Waals surface area contributed by atoms with Gasteiger partial charge in [0, 0.05) is 12.6 Å². The Morgan fingerprint density at radius 1 is 1.42 bits per heavy atom. The van der Waals surface area contributed by atoms with Crippen molar-refractivity contribution < 1.29 is 14.6 Å². The van der Waals surface area contributed by atoms with Crippen molar-refractivity contribution in [2.24, 2.45) is 0 Å². The van der Waals surface area contributed by atoms with Gasteiger partial charge in [0.1, 0.15) is 11.4 Å². The molecule has 1 aromatic rings. The van der Waals surface area contributed by atoms with Crippen LogP contribution < -0.4 is 10.6 Å². The molecule has 0 saturated carbocycles. The summed E-state index contributed by atoms with van der Waals surface area (Å²) in [6.07, 6.45) is 1.31. The van der Waals surface area contributed by atoms with E-state index in [4.69, 9.17) is 10.5 Å². The average Bonchev–Trinajstić information content (AvgIpc) is 2.27. The van der Waals surface area contributed by atoms with Crippen LogP contribution in [0.1, 0.15) is 32.8 Å². The fourth-order valence-corrected chi connectivity index (χ4v) is 2.15. The number of amides is 1. The predicted octanol–water partition coefficient (Wildman–Crippen LogP) is 2.66. The van der Waals surface area contributed by atoms with Crippen molar-refractivity contribution in [3.05, 3.63) is 17.7 Å². The smallest absolute Gasteiger partial charge is 0.414 e. The molecule has 0 unspecified atom stereocenters. The van der Waals surface area contributed by atoms with Crippen molar-refractivity contribution in [1.82, 2.24) is 0 Å². The van der Waals surface area contributed by atoms with E-state index in [1.807, 2.05) is 20.8 Å². The van der Waals surface area contributed by atoms with Gasteiger partial charge in [-0.25, -0.2) is 4.79 Å². The molecule has 104 valence electrons. The second-order valence-corrected chi connectivity index (χ2v) is 5.78. The van der Waals surface area contributed by atoms with Crippen molar-refractivity contribution in [2.45, 2.75) is 39.2 Å². The molecule has 1 aliphatic heterocycles. The highest BCUT2D eigenvalue weighted by Gasteiger charge is 2.28. The lowest BCUT2D eigenvalue weighted by Crippen LogP contribution is -2.39. The first-order chi connectivity index (χ1) is 8.78. The number of hydrogen-bond acceptors (Lipinski definition) is 4. The molecule has 0 fully saturated rings. The van der Waals surface area contributed by atoms with Gasteiger partial charge in [-0.2, -0.15) is 0 Å². The standard InChI is InChI=1S/C14H20N2O3/c1-14(2,3)19-13(18)16-6-4-5-9-7-10(15)12(17)8-11(9)16/h7-8,17H,4-6,15H2,1-3H3.